The molecule has 0 aliphatic heterocycles. The molecule has 4 heteroatoms. The van der Waals surface area contributed by atoms with Crippen molar-refractivity contribution in [3.05, 3.63) is 157 Å². The van der Waals surface area contributed by atoms with Gasteiger partial charge in [0.15, 0.2) is 0 Å². The van der Waals surface area contributed by atoms with Crippen LogP contribution in [0.4, 0.5) is 0 Å². The molecule has 8 aromatic rings. The third kappa shape index (κ3) is 6.48. The lowest BCUT2D eigenvalue weighted by Gasteiger charge is -2.33. The molecular weight excluding hydrogens is 669 g/mol. The van der Waals surface area contributed by atoms with Crippen molar-refractivity contribution in [2.75, 3.05) is 0 Å². The van der Waals surface area contributed by atoms with Gasteiger partial charge in [-0.15, -0.1) is 0 Å². The molecule has 0 radical (unpaired) electrons. The zero-order valence-corrected chi connectivity index (χ0v) is 32.2. The van der Waals surface area contributed by atoms with Crippen LogP contribution >= 0.6 is 0 Å². The molecule has 0 bridgehead atoms. The molecule has 0 unspecified atom stereocenters. The molecular formula is C51H50N4. The van der Waals surface area contributed by atoms with E-state index in [0.29, 0.717) is 0 Å². The first-order valence-electron chi connectivity index (χ1n) is 20.5. The van der Waals surface area contributed by atoms with E-state index in [9.17, 15) is 0 Å². The van der Waals surface area contributed by atoms with Crippen molar-refractivity contribution in [1.82, 2.24) is 18.8 Å². The van der Waals surface area contributed by atoms with Crippen LogP contribution in [-0.2, 0) is 5.41 Å². The Morgan fingerprint density at radius 2 is 0.855 bits per heavy atom. The van der Waals surface area contributed by atoms with Crippen molar-refractivity contribution in [2.45, 2.75) is 83.5 Å². The summed E-state index contributed by atoms with van der Waals surface area (Å²) in [5, 5.41) is 0. The molecule has 1 aliphatic carbocycles. The van der Waals surface area contributed by atoms with E-state index in [-0.39, 0.29) is 5.41 Å². The highest BCUT2D eigenvalue weighted by molar-refractivity contribution is 5.86. The quantitative estimate of drug-likeness (QED) is 0.105. The summed E-state index contributed by atoms with van der Waals surface area (Å²) in [5.74, 6) is 1.95. The summed E-state index contributed by atoms with van der Waals surface area (Å²) in [6, 6.07) is 45.1. The fourth-order valence-corrected chi connectivity index (χ4v) is 9.16. The number of nitrogens with zero attached hydrogens (tertiary/aromatic N) is 4. The summed E-state index contributed by atoms with van der Waals surface area (Å²) in [5.41, 5.74) is 15.4. The number of aromatic nitrogens is 4. The smallest absolute Gasteiger partial charge is 0.144 e. The number of fused-ring (bicyclic) bond motifs is 5. The van der Waals surface area contributed by atoms with Crippen LogP contribution in [0.15, 0.2) is 146 Å². The molecule has 4 nitrogen and oxygen atoms in total. The first kappa shape index (κ1) is 35.0. The molecule has 4 aromatic carbocycles. The van der Waals surface area contributed by atoms with Gasteiger partial charge in [0, 0.05) is 28.9 Å². The number of benzene rings is 4. The highest BCUT2D eigenvalue weighted by Crippen LogP contribution is 2.56. The second-order valence-corrected chi connectivity index (χ2v) is 15.5. The monoisotopic (exact) mass is 718 g/mol. The summed E-state index contributed by atoms with van der Waals surface area (Å²) in [7, 11) is 0. The molecule has 274 valence electrons. The van der Waals surface area contributed by atoms with Gasteiger partial charge in [0.1, 0.15) is 11.6 Å². The van der Waals surface area contributed by atoms with Gasteiger partial charge >= 0.3 is 0 Å². The number of rotatable bonds is 14. The average molecular weight is 719 g/mol. The molecule has 55 heavy (non-hydrogen) atoms. The largest absolute Gasteiger partial charge is 0.300 e. The predicted octanol–water partition coefficient (Wildman–Crippen LogP) is 13.9. The van der Waals surface area contributed by atoms with E-state index in [1.54, 1.807) is 0 Å². The van der Waals surface area contributed by atoms with Gasteiger partial charge in [0.25, 0.3) is 0 Å². The first-order valence-corrected chi connectivity index (χ1v) is 20.5. The zero-order chi connectivity index (χ0) is 37.2. The van der Waals surface area contributed by atoms with Crippen LogP contribution in [0.2, 0.25) is 0 Å². The Hall–Kier alpha value is -5.74. The van der Waals surface area contributed by atoms with Crippen LogP contribution in [0, 0.1) is 0 Å². The molecule has 0 spiro atoms. The minimum Gasteiger partial charge on any atom is -0.300 e. The van der Waals surface area contributed by atoms with Crippen molar-refractivity contribution in [3.63, 3.8) is 0 Å². The molecule has 4 heterocycles. The van der Waals surface area contributed by atoms with E-state index in [0.717, 1.165) is 33.8 Å². The SMILES string of the molecule is CCCCCCC1(CCCCCC)c2cc(-c3ccc(-c4ncc5ccccn45)cc3)ccc2-c2ccc(-c3ccc(-c4ncc5ccccn45)cc3)cc21. The van der Waals surface area contributed by atoms with E-state index >= 15 is 0 Å². The molecule has 4 aromatic heterocycles. The molecule has 0 N–H and O–H groups in total. The summed E-state index contributed by atoms with van der Waals surface area (Å²) in [6.45, 7) is 4.64. The normalized spacial score (nSPS) is 13.1. The zero-order valence-electron chi connectivity index (χ0n) is 32.2. The first-order chi connectivity index (χ1) is 27.2. The number of imidazole rings is 2. The number of hydrogen-bond acceptors (Lipinski definition) is 2. The molecule has 0 fully saturated rings. The fraction of sp³-hybridized carbons (Fsp3) is 0.255. The maximum absolute atomic E-state index is 4.76. The Balaban J connectivity index is 1.10. The van der Waals surface area contributed by atoms with Crippen LogP contribution < -0.4 is 0 Å². The average Bonchev–Trinajstić information content (AvgIpc) is 3.94. The maximum Gasteiger partial charge on any atom is 0.144 e. The standard InChI is InChI=1S/C51H50N4/c1-3-5-7-11-29-51(30-12-8-6-4-2)47-33-41(37-17-21-39(22-18-37)49-52-35-43-15-9-13-31-54(43)49)25-27-45(47)46-28-26-42(34-48(46)51)38-19-23-40(24-20-38)50-53-36-44-16-10-14-32-55(44)50/h9-10,13-28,31-36H,3-8,11-12,29-30H2,1-2H3. The van der Waals surface area contributed by atoms with Crippen LogP contribution in [0.3, 0.4) is 0 Å². The Labute approximate surface area is 325 Å². The second-order valence-electron chi connectivity index (χ2n) is 15.5. The van der Waals surface area contributed by atoms with Crippen molar-refractivity contribution in [1.29, 1.82) is 0 Å². The van der Waals surface area contributed by atoms with Gasteiger partial charge in [0.2, 0.25) is 0 Å². The number of hydrogen-bond donors (Lipinski definition) is 0. The van der Waals surface area contributed by atoms with Gasteiger partial charge in [-0.2, -0.15) is 0 Å². The third-order valence-electron chi connectivity index (χ3n) is 12.1. The van der Waals surface area contributed by atoms with E-state index in [1.807, 2.05) is 12.4 Å². The molecule has 9 rings (SSSR count). The van der Waals surface area contributed by atoms with E-state index in [2.05, 4.69) is 156 Å². The lowest BCUT2D eigenvalue weighted by Crippen LogP contribution is -2.25. The summed E-state index contributed by atoms with van der Waals surface area (Å²) < 4.78 is 4.33. The topological polar surface area (TPSA) is 34.6 Å². The Morgan fingerprint density at radius 3 is 1.29 bits per heavy atom. The number of unbranched alkanes of at least 4 members (excludes halogenated alkanes) is 6. The summed E-state index contributed by atoms with van der Waals surface area (Å²) in [4.78, 5) is 9.51. The molecule has 0 amide bonds. The molecule has 0 saturated heterocycles. The van der Waals surface area contributed by atoms with Gasteiger partial charge in [-0.3, -0.25) is 8.80 Å². The maximum atomic E-state index is 4.76. The van der Waals surface area contributed by atoms with Crippen LogP contribution in [-0.4, -0.2) is 18.8 Å². The lowest BCUT2D eigenvalue weighted by molar-refractivity contribution is 0.401. The predicted molar refractivity (Wildman–Crippen MR) is 229 cm³/mol. The molecule has 0 atom stereocenters. The Morgan fingerprint density at radius 1 is 0.436 bits per heavy atom. The fourth-order valence-electron chi connectivity index (χ4n) is 9.16. The Kier molecular flexibility index (Phi) is 9.66. The van der Waals surface area contributed by atoms with E-state index in [4.69, 9.17) is 9.97 Å². The van der Waals surface area contributed by atoms with Gasteiger partial charge < -0.3 is 0 Å². The van der Waals surface area contributed by atoms with Gasteiger partial charge in [-0.05, 0) is 93.7 Å². The van der Waals surface area contributed by atoms with Gasteiger partial charge in [-0.25, -0.2) is 9.97 Å². The summed E-state index contributed by atoms with van der Waals surface area (Å²) >= 11 is 0. The van der Waals surface area contributed by atoms with Gasteiger partial charge in [-0.1, -0.05) is 150 Å². The van der Waals surface area contributed by atoms with Crippen LogP contribution in [0.1, 0.15) is 89.2 Å². The summed E-state index contributed by atoms with van der Waals surface area (Å²) in [6.07, 6.45) is 20.6. The van der Waals surface area contributed by atoms with E-state index in [1.165, 1.54) is 109 Å². The minimum atomic E-state index is -0.0123. The van der Waals surface area contributed by atoms with E-state index < -0.39 is 0 Å². The van der Waals surface area contributed by atoms with Gasteiger partial charge in [0.05, 0.1) is 23.4 Å². The van der Waals surface area contributed by atoms with Crippen LogP contribution in [0.5, 0.6) is 0 Å². The minimum absolute atomic E-state index is 0.0123. The van der Waals surface area contributed by atoms with Crippen molar-refractivity contribution in [3.8, 4) is 56.2 Å². The van der Waals surface area contributed by atoms with Crippen molar-refractivity contribution >= 4 is 11.0 Å². The van der Waals surface area contributed by atoms with Crippen molar-refractivity contribution in [2.24, 2.45) is 0 Å². The number of pyridine rings is 2. The highest BCUT2D eigenvalue weighted by Gasteiger charge is 2.42. The van der Waals surface area contributed by atoms with Crippen LogP contribution in [0.25, 0.3) is 67.2 Å². The van der Waals surface area contributed by atoms with Crippen molar-refractivity contribution < 1.29 is 0 Å². The Bertz CT molecular complexity index is 2390. The third-order valence-corrected chi connectivity index (χ3v) is 12.1. The molecule has 1 aliphatic rings. The lowest BCUT2D eigenvalue weighted by atomic mass is 9.70. The highest BCUT2D eigenvalue weighted by atomic mass is 15.0. The molecule has 0 saturated carbocycles. The second kappa shape index (κ2) is 15.2.